The van der Waals surface area contributed by atoms with Crippen molar-refractivity contribution in [1.82, 2.24) is 0 Å². The van der Waals surface area contributed by atoms with Crippen LogP contribution in [0, 0.1) is 11.3 Å². The maximum Gasteiger partial charge on any atom is 0.250 e. The Kier molecular flexibility index (Phi) is 6.12. The Bertz CT molecular complexity index is 1700. The van der Waals surface area contributed by atoms with Crippen LogP contribution in [0.4, 0.5) is 0 Å². The summed E-state index contributed by atoms with van der Waals surface area (Å²) in [6, 6.07) is 1.41. The topological polar surface area (TPSA) is 189 Å². The second kappa shape index (κ2) is 8.95. The molecule has 4 aliphatic carbocycles. The van der Waals surface area contributed by atoms with Crippen molar-refractivity contribution >= 4 is 22.5 Å². The number of aliphatic hydroxyl groups is 3. The predicted molar refractivity (Wildman–Crippen MR) is 154 cm³/mol. The third kappa shape index (κ3) is 3.13. The van der Waals surface area contributed by atoms with Gasteiger partial charge in [0.15, 0.2) is 5.60 Å². The van der Waals surface area contributed by atoms with Crippen molar-refractivity contribution in [3.63, 3.8) is 0 Å². The number of allylic oxidation sites excluding steroid dienone is 3. The second-order valence-electron chi connectivity index (χ2n) is 12.8. The zero-order chi connectivity index (χ0) is 31.6. The molecule has 4 aliphatic rings. The van der Waals surface area contributed by atoms with E-state index in [0.29, 0.717) is 23.1 Å². The fraction of sp³-hybridized carbons (Fsp3) is 0.500. The maximum atomic E-state index is 14.5. The summed E-state index contributed by atoms with van der Waals surface area (Å²) in [5.41, 5.74) is 2.86. The smallest absolute Gasteiger partial charge is 0.250 e. The summed E-state index contributed by atoms with van der Waals surface area (Å²) >= 11 is 0. The van der Waals surface area contributed by atoms with Gasteiger partial charge in [-0.25, -0.2) is 0 Å². The van der Waals surface area contributed by atoms with E-state index in [1.807, 2.05) is 6.92 Å². The minimum Gasteiger partial charge on any atom is -0.512 e. The lowest BCUT2D eigenvalue weighted by Gasteiger charge is -2.54. The number of fused-ring (bicyclic) bond motifs is 4. The van der Waals surface area contributed by atoms with Gasteiger partial charge in [-0.15, -0.1) is 0 Å². The molecule has 230 valence electrons. The highest BCUT2D eigenvalue weighted by molar-refractivity contribution is 6.16. The molecule has 2 aromatic carbocycles. The lowest BCUT2D eigenvalue weighted by Crippen LogP contribution is -2.68. The van der Waals surface area contributed by atoms with Crippen LogP contribution in [-0.4, -0.2) is 70.3 Å². The van der Waals surface area contributed by atoms with Gasteiger partial charge >= 0.3 is 0 Å². The lowest BCUT2D eigenvalue weighted by molar-refractivity contribution is -0.291. The average Bonchev–Trinajstić information content (AvgIpc) is 3.30. The number of carbonyl (C=O) groups excluding carboxylic acids is 2. The molecule has 0 aromatic heterocycles. The van der Waals surface area contributed by atoms with E-state index < -0.39 is 69.6 Å². The number of amides is 1. The molecule has 11 nitrogen and oxygen atoms in total. The van der Waals surface area contributed by atoms with Gasteiger partial charge < -0.3 is 45.5 Å². The van der Waals surface area contributed by atoms with Crippen molar-refractivity contribution in [1.29, 1.82) is 0 Å². The molecule has 43 heavy (non-hydrogen) atoms. The highest BCUT2D eigenvalue weighted by atomic mass is 16.7. The Morgan fingerprint density at radius 1 is 1.07 bits per heavy atom. The SMILES string of the molecule is COc1cc(O)c2c(O)c3c(c4c2c1[C@]1(C4)C(C)=CCCC1(C)C)C(OC)(OC)[C@H]1CC(O)=C(C(N)=O)[C@@H](O)[C@@]1(O)C3=O. The van der Waals surface area contributed by atoms with Gasteiger partial charge in [-0.05, 0) is 37.2 Å². The number of hydrogen-bond acceptors (Lipinski definition) is 10. The number of aliphatic hydroxyl groups excluding tert-OH is 2. The van der Waals surface area contributed by atoms with Crippen LogP contribution in [0.25, 0.3) is 10.8 Å². The molecule has 0 heterocycles. The number of primary amides is 1. The molecule has 0 saturated carbocycles. The summed E-state index contributed by atoms with van der Waals surface area (Å²) in [6.45, 7) is 6.33. The minimum atomic E-state index is -2.81. The van der Waals surface area contributed by atoms with Crippen LogP contribution in [0.1, 0.15) is 67.1 Å². The first-order chi connectivity index (χ1) is 20.1. The molecule has 7 N–H and O–H groups in total. The van der Waals surface area contributed by atoms with Crippen LogP contribution in [-0.2, 0) is 31.9 Å². The maximum absolute atomic E-state index is 14.5. The molecule has 0 radical (unpaired) electrons. The Labute approximate surface area is 248 Å². The molecule has 0 fully saturated rings. The van der Waals surface area contributed by atoms with Crippen molar-refractivity contribution in [2.24, 2.45) is 17.1 Å². The van der Waals surface area contributed by atoms with E-state index in [4.69, 9.17) is 19.9 Å². The van der Waals surface area contributed by atoms with E-state index >= 15 is 0 Å². The average molecular weight is 596 g/mol. The van der Waals surface area contributed by atoms with Crippen molar-refractivity contribution in [2.75, 3.05) is 21.3 Å². The third-order valence-corrected chi connectivity index (χ3v) is 10.9. The summed E-state index contributed by atoms with van der Waals surface area (Å²) in [6.07, 6.45) is 1.36. The first-order valence-corrected chi connectivity index (χ1v) is 14.2. The first kappa shape index (κ1) is 29.4. The van der Waals surface area contributed by atoms with Gasteiger partial charge in [0.1, 0.15) is 29.1 Å². The lowest BCUT2D eigenvalue weighted by atomic mass is 9.54. The Morgan fingerprint density at radius 2 is 1.72 bits per heavy atom. The molecular weight excluding hydrogens is 558 g/mol. The van der Waals surface area contributed by atoms with Gasteiger partial charge in [-0.3, -0.25) is 9.59 Å². The molecule has 1 spiro atoms. The molecule has 11 heteroatoms. The Balaban J connectivity index is 1.82. The summed E-state index contributed by atoms with van der Waals surface area (Å²) in [7, 11) is 4.08. The summed E-state index contributed by atoms with van der Waals surface area (Å²) in [4.78, 5) is 26.7. The fourth-order valence-electron chi connectivity index (χ4n) is 8.87. The van der Waals surface area contributed by atoms with Crippen molar-refractivity contribution < 1.29 is 49.3 Å². The van der Waals surface area contributed by atoms with E-state index in [9.17, 15) is 35.1 Å². The highest BCUT2D eigenvalue weighted by Gasteiger charge is 2.70. The molecule has 6 rings (SSSR count). The largest absolute Gasteiger partial charge is 0.512 e. The number of phenols is 2. The Hall–Kier alpha value is -3.64. The number of Topliss-reactive ketones (excluding diaryl/α,β-unsaturated/α-hetero) is 1. The highest BCUT2D eigenvalue weighted by Crippen LogP contribution is 2.67. The van der Waals surface area contributed by atoms with Crippen LogP contribution in [0.3, 0.4) is 0 Å². The molecule has 0 unspecified atom stereocenters. The van der Waals surface area contributed by atoms with E-state index in [1.165, 1.54) is 27.4 Å². The number of phenolic OH excluding ortho intramolecular Hbond substituents is 2. The number of benzene rings is 2. The van der Waals surface area contributed by atoms with Gasteiger partial charge in [0.25, 0.3) is 5.91 Å². The zero-order valence-corrected chi connectivity index (χ0v) is 25.0. The number of methoxy groups -OCH3 is 3. The summed E-state index contributed by atoms with van der Waals surface area (Å²) < 4.78 is 17.9. The van der Waals surface area contributed by atoms with Crippen LogP contribution in [0.5, 0.6) is 17.2 Å². The van der Waals surface area contributed by atoms with Crippen LogP contribution in [0.15, 0.2) is 29.0 Å². The van der Waals surface area contributed by atoms with E-state index in [0.717, 1.165) is 24.0 Å². The van der Waals surface area contributed by atoms with Crippen LogP contribution in [0.2, 0.25) is 0 Å². The van der Waals surface area contributed by atoms with E-state index in [2.05, 4.69) is 19.9 Å². The van der Waals surface area contributed by atoms with Crippen LogP contribution >= 0.6 is 0 Å². The number of aromatic hydroxyl groups is 2. The quantitative estimate of drug-likeness (QED) is 0.226. The number of ether oxygens (including phenoxy) is 3. The molecule has 4 atom stereocenters. The van der Waals surface area contributed by atoms with Crippen molar-refractivity contribution in [3.05, 3.63) is 51.3 Å². The van der Waals surface area contributed by atoms with Gasteiger partial charge in [0.05, 0.1) is 29.6 Å². The predicted octanol–water partition coefficient (Wildman–Crippen LogP) is 2.87. The Morgan fingerprint density at radius 3 is 2.28 bits per heavy atom. The molecule has 0 bridgehead atoms. The van der Waals surface area contributed by atoms with E-state index in [1.54, 1.807) is 0 Å². The van der Waals surface area contributed by atoms with E-state index in [-0.39, 0.29) is 22.1 Å². The number of nitrogens with two attached hydrogens (primary N) is 1. The molecule has 0 aliphatic heterocycles. The van der Waals surface area contributed by atoms with Gasteiger partial charge in [0.2, 0.25) is 11.6 Å². The minimum absolute atomic E-state index is 0.0223. The molecule has 0 saturated heterocycles. The third-order valence-electron chi connectivity index (χ3n) is 10.9. The number of hydrogen-bond donors (Lipinski definition) is 6. The van der Waals surface area contributed by atoms with Gasteiger partial charge in [-0.1, -0.05) is 25.5 Å². The first-order valence-electron chi connectivity index (χ1n) is 14.2. The second-order valence-corrected chi connectivity index (χ2v) is 12.8. The van der Waals surface area contributed by atoms with Gasteiger partial charge in [-0.2, -0.15) is 0 Å². The van der Waals surface area contributed by atoms with Crippen LogP contribution < -0.4 is 10.5 Å². The monoisotopic (exact) mass is 595 g/mol. The summed E-state index contributed by atoms with van der Waals surface area (Å²) in [5, 5.41) is 57.9. The standard InChI is InChI=1S/C32H37NO10/c1-13-8-7-9-29(2,3)30(13)12-14-19-20(15(34)10-17(41-4)24(19)30)25(36)22-23(14)32(42-5,43-6)18-11-16(35)21(28(33)39)26(37)31(18,40)27(22)38/h8,10,18,26,34-37,40H,7,9,11-12H2,1-6H3,(H2,33,39)/t18-,26+,30-,31+/m0/s1. The van der Waals surface area contributed by atoms with Crippen molar-refractivity contribution in [2.45, 2.75) is 69.4 Å². The number of rotatable bonds is 4. The number of carbonyl (C=O) groups is 2. The molecule has 2 aromatic rings. The summed E-state index contributed by atoms with van der Waals surface area (Å²) in [5.74, 6) is -7.06. The fourth-order valence-corrected chi connectivity index (χ4v) is 8.87. The normalized spacial score (nSPS) is 30.3. The molecule has 1 amide bonds. The zero-order valence-electron chi connectivity index (χ0n) is 25.0. The molecular formula is C32H37NO10. The van der Waals surface area contributed by atoms with Crippen molar-refractivity contribution in [3.8, 4) is 17.2 Å². The number of ketones is 1. The van der Waals surface area contributed by atoms with Gasteiger partial charge in [0, 0.05) is 48.6 Å².